The van der Waals surface area contributed by atoms with Crippen LogP contribution in [-0.2, 0) is 10.8 Å². The fraction of sp³-hybridized carbons (Fsp3) is 0.115. The van der Waals surface area contributed by atoms with Crippen LogP contribution in [0.2, 0.25) is 0 Å². The molecule has 0 atom stereocenters. The highest BCUT2D eigenvalue weighted by Crippen LogP contribution is 2.52. The SMILES string of the molecule is CC1(C)c2ccccc2-c2ccc(N(c3ccccc3)c3ccc4c5c6ccccc6ccc5n(-c5ccc6c(c5)C(C)(C)c5ccccc5-6)c4c3)cc21. The fourth-order valence-corrected chi connectivity index (χ4v) is 9.88. The molecular formula is C52H40N2. The molecule has 2 aliphatic carbocycles. The Kier molecular flexibility index (Phi) is 6.39. The van der Waals surface area contributed by atoms with E-state index in [2.05, 4.69) is 207 Å². The third kappa shape index (κ3) is 4.23. The Morgan fingerprint density at radius 2 is 0.963 bits per heavy atom. The summed E-state index contributed by atoms with van der Waals surface area (Å²) in [5.74, 6) is 0. The van der Waals surface area contributed by atoms with Gasteiger partial charge in [-0.3, -0.25) is 0 Å². The zero-order valence-corrected chi connectivity index (χ0v) is 31.1. The number of fused-ring (bicyclic) bond motifs is 11. The van der Waals surface area contributed by atoms with E-state index in [4.69, 9.17) is 0 Å². The summed E-state index contributed by atoms with van der Waals surface area (Å²) >= 11 is 0. The van der Waals surface area contributed by atoms with E-state index in [-0.39, 0.29) is 10.8 Å². The lowest BCUT2D eigenvalue weighted by molar-refractivity contribution is 0.660. The minimum Gasteiger partial charge on any atom is -0.310 e. The molecule has 0 unspecified atom stereocenters. The van der Waals surface area contributed by atoms with Crippen molar-refractivity contribution in [3.8, 4) is 27.9 Å². The Labute approximate surface area is 316 Å². The molecule has 9 aromatic rings. The molecular weight excluding hydrogens is 653 g/mol. The van der Waals surface area contributed by atoms with Crippen LogP contribution in [0.3, 0.4) is 0 Å². The first-order valence-corrected chi connectivity index (χ1v) is 19.1. The van der Waals surface area contributed by atoms with Crippen LogP contribution in [-0.4, -0.2) is 4.57 Å². The summed E-state index contributed by atoms with van der Waals surface area (Å²) in [5, 5.41) is 5.08. The Morgan fingerprint density at radius 1 is 0.389 bits per heavy atom. The van der Waals surface area contributed by atoms with Gasteiger partial charge in [-0.15, -0.1) is 0 Å². The predicted molar refractivity (Wildman–Crippen MR) is 228 cm³/mol. The second kappa shape index (κ2) is 11.1. The zero-order valence-electron chi connectivity index (χ0n) is 31.1. The van der Waals surface area contributed by atoms with Crippen molar-refractivity contribution in [3.05, 3.63) is 192 Å². The molecule has 2 heteroatoms. The third-order valence-electron chi connectivity index (χ3n) is 12.6. The molecule has 2 aliphatic rings. The summed E-state index contributed by atoms with van der Waals surface area (Å²) < 4.78 is 2.51. The van der Waals surface area contributed by atoms with Crippen LogP contribution in [0.4, 0.5) is 17.1 Å². The van der Waals surface area contributed by atoms with Crippen LogP contribution in [0.15, 0.2) is 170 Å². The van der Waals surface area contributed by atoms with Gasteiger partial charge in [-0.05, 0) is 110 Å². The molecule has 54 heavy (non-hydrogen) atoms. The standard InChI is InChI=1S/C52H40N2/c1-51(2)44-20-12-10-18-39(44)41-26-23-35(30-46(41)51)53(34-15-6-5-7-16-34)37-25-28-43-49(32-37)54(48-29-22-33-14-8-9-17-38(33)50(43)48)36-24-27-42-40-19-11-13-21-45(40)52(3,4)47(42)31-36/h5-32H,1-4H3. The van der Waals surface area contributed by atoms with E-state index >= 15 is 0 Å². The first-order valence-electron chi connectivity index (χ1n) is 19.1. The Hall–Kier alpha value is -6.38. The van der Waals surface area contributed by atoms with E-state index in [0.29, 0.717) is 0 Å². The molecule has 0 radical (unpaired) electrons. The van der Waals surface area contributed by atoms with Gasteiger partial charge in [-0.25, -0.2) is 0 Å². The Morgan fingerprint density at radius 3 is 1.70 bits per heavy atom. The number of hydrogen-bond donors (Lipinski definition) is 0. The van der Waals surface area contributed by atoms with E-state index in [0.717, 1.165) is 17.1 Å². The lowest BCUT2D eigenvalue weighted by Crippen LogP contribution is -2.16. The molecule has 0 saturated carbocycles. The maximum atomic E-state index is 2.51. The zero-order chi connectivity index (χ0) is 36.3. The summed E-state index contributed by atoms with van der Waals surface area (Å²) in [6.45, 7) is 9.46. The maximum Gasteiger partial charge on any atom is 0.0562 e. The number of hydrogen-bond acceptors (Lipinski definition) is 1. The first kappa shape index (κ1) is 31.2. The first-order chi connectivity index (χ1) is 26.3. The summed E-state index contributed by atoms with van der Waals surface area (Å²) in [4.78, 5) is 2.43. The summed E-state index contributed by atoms with van der Waals surface area (Å²) in [6, 6.07) is 63.3. The van der Waals surface area contributed by atoms with E-state index < -0.39 is 0 Å². The molecule has 1 aromatic heterocycles. The second-order valence-corrected chi connectivity index (χ2v) is 16.2. The number of benzene rings is 8. The summed E-state index contributed by atoms with van der Waals surface area (Å²) in [5.41, 5.74) is 17.7. The number of aromatic nitrogens is 1. The topological polar surface area (TPSA) is 8.17 Å². The molecule has 0 bridgehead atoms. The lowest BCUT2D eigenvalue weighted by Gasteiger charge is -2.28. The molecule has 258 valence electrons. The van der Waals surface area contributed by atoms with Crippen molar-refractivity contribution < 1.29 is 0 Å². The minimum absolute atomic E-state index is 0.0936. The average Bonchev–Trinajstić information content (AvgIpc) is 3.75. The Bertz CT molecular complexity index is 3000. The Balaban J connectivity index is 1.17. The predicted octanol–water partition coefficient (Wildman–Crippen LogP) is 14.0. The van der Waals surface area contributed by atoms with Crippen LogP contribution in [0.1, 0.15) is 49.9 Å². The van der Waals surface area contributed by atoms with Crippen molar-refractivity contribution in [1.82, 2.24) is 4.57 Å². The van der Waals surface area contributed by atoms with Gasteiger partial charge >= 0.3 is 0 Å². The lowest BCUT2D eigenvalue weighted by atomic mass is 9.82. The molecule has 0 spiro atoms. The van der Waals surface area contributed by atoms with E-state index in [1.165, 1.54) is 82.8 Å². The van der Waals surface area contributed by atoms with Crippen molar-refractivity contribution in [2.75, 3.05) is 4.90 Å². The van der Waals surface area contributed by atoms with Gasteiger partial charge in [-0.1, -0.05) is 143 Å². The molecule has 1 heterocycles. The average molecular weight is 693 g/mol. The minimum atomic E-state index is -0.0945. The van der Waals surface area contributed by atoms with E-state index in [1.54, 1.807) is 0 Å². The summed E-state index contributed by atoms with van der Waals surface area (Å²) in [6.07, 6.45) is 0. The van der Waals surface area contributed by atoms with Gasteiger partial charge in [0.15, 0.2) is 0 Å². The van der Waals surface area contributed by atoms with Gasteiger partial charge < -0.3 is 9.47 Å². The van der Waals surface area contributed by atoms with Crippen LogP contribution >= 0.6 is 0 Å². The number of anilines is 3. The van der Waals surface area contributed by atoms with Crippen molar-refractivity contribution in [2.45, 2.75) is 38.5 Å². The molecule has 0 amide bonds. The molecule has 0 aliphatic heterocycles. The molecule has 0 N–H and O–H groups in total. The van der Waals surface area contributed by atoms with Crippen molar-refractivity contribution >= 4 is 49.6 Å². The molecule has 0 saturated heterocycles. The van der Waals surface area contributed by atoms with Gasteiger partial charge in [0, 0.05) is 44.4 Å². The van der Waals surface area contributed by atoms with Crippen LogP contribution in [0.25, 0.3) is 60.5 Å². The molecule has 2 nitrogen and oxygen atoms in total. The van der Waals surface area contributed by atoms with Crippen LogP contribution in [0, 0.1) is 0 Å². The second-order valence-electron chi connectivity index (χ2n) is 16.2. The number of para-hydroxylation sites is 1. The highest BCUT2D eigenvalue weighted by atomic mass is 15.1. The molecule has 8 aromatic carbocycles. The monoisotopic (exact) mass is 692 g/mol. The smallest absolute Gasteiger partial charge is 0.0562 e. The van der Waals surface area contributed by atoms with Crippen molar-refractivity contribution in [3.63, 3.8) is 0 Å². The van der Waals surface area contributed by atoms with Gasteiger partial charge in [0.25, 0.3) is 0 Å². The maximum absolute atomic E-state index is 2.51. The van der Waals surface area contributed by atoms with Gasteiger partial charge in [0.05, 0.1) is 11.0 Å². The van der Waals surface area contributed by atoms with Crippen molar-refractivity contribution in [2.24, 2.45) is 0 Å². The van der Waals surface area contributed by atoms with E-state index in [1.807, 2.05) is 0 Å². The molecule has 11 rings (SSSR count). The quantitative estimate of drug-likeness (QED) is 0.178. The summed E-state index contributed by atoms with van der Waals surface area (Å²) in [7, 11) is 0. The number of rotatable bonds is 4. The van der Waals surface area contributed by atoms with Gasteiger partial charge in [-0.2, -0.15) is 0 Å². The number of nitrogens with zero attached hydrogens (tertiary/aromatic N) is 2. The third-order valence-corrected chi connectivity index (χ3v) is 12.6. The van der Waals surface area contributed by atoms with Crippen LogP contribution in [0.5, 0.6) is 0 Å². The van der Waals surface area contributed by atoms with Gasteiger partial charge in [0.1, 0.15) is 0 Å². The fourth-order valence-electron chi connectivity index (χ4n) is 9.88. The highest BCUT2D eigenvalue weighted by Gasteiger charge is 2.37. The van der Waals surface area contributed by atoms with Crippen molar-refractivity contribution in [1.29, 1.82) is 0 Å². The van der Waals surface area contributed by atoms with E-state index in [9.17, 15) is 0 Å². The van der Waals surface area contributed by atoms with Crippen LogP contribution < -0.4 is 4.90 Å². The normalized spacial score (nSPS) is 14.6. The highest BCUT2D eigenvalue weighted by molar-refractivity contribution is 6.21. The largest absolute Gasteiger partial charge is 0.310 e. The van der Waals surface area contributed by atoms with Gasteiger partial charge in [0.2, 0.25) is 0 Å². The molecule has 0 fully saturated rings.